The average molecular weight is 341 g/mol. The number of benzene rings is 1. The van der Waals surface area contributed by atoms with Gasteiger partial charge in [0.25, 0.3) is 15.9 Å². The number of rotatable bonds is 6. The van der Waals surface area contributed by atoms with Crippen LogP contribution in [0.4, 0.5) is 0 Å². The van der Waals surface area contributed by atoms with Crippen LogP contribution in [0.3, 0.4) is 0 Å². The van der Waals surface area contributed by atoms with Gasteiger partial charge in [-0.05, 0) is 50.8 Å². The highest BCUT2D eigenvalue weighted by atomic mass is 32.2. The molecule has 0 unspecified atom stereocenters. The van der Waals surface area contributed by atoms with E-state index in [9.17, 15) is 13.2 Å². The largest absolute Gasteiger partial charge is 0.376 e. The summed E-state index contributed by atoms with van der Waals surface area (Å²) in [7, 11) is -3.91. The van der Waals surface area contributed by atoms with Gasteiger partial charge in [-0.25, -0.2) is 13.1 Å². The molecule has 0 saturated carbocycles. The van der Waals surface area contributed by atoms with Gasteiger partial charge in [-0.3, -0.25) is 4.79 Å². The first-order chi connectivity index (χ1) is 10.8. The summed E-state index contributed by atoms with van der Waals surface area (Å²) in [4.78, 5) is 12.2. The monoisotopic (exact) mass is 341 g/mol. The first-order valence-electron chi connectivity index (χ1n) is 7.67. The zero-order valence-corrected chi connectivity index (χ0v) is 14.5. The van der Waals surface area contributed by atoms with E-state index in [0.29, 0.717) is 12.2 Å². The Hall–Kier alpha value is -1.44. The van der Waals surface area contributed by atoms with Crippen molar-refractivity contribution in [3.63, 3.8) is 0 Å². The van der Waals surface area contributed by atoms with Crippen LogP contribution in [-0.4, -0.2) is 39.7 Å². The van der Waals surface area contributed by atoms with Crippen molar-refractivity contribution >= 4 is 15.9 Å². The molecule has 1 aromatic carbocycles. The summed E-state index contributed by atoms with van der Waals surface area (Å²) < 4.78 is 37.6. The molecule has 1 heterocycles. The standard InChI is InChI=1S/C16H23NO5S/c1-11-6-7-12(2)15(9-11)23(19,20)17-16(18)13(3)22-10-14-5-4-8-21-14/h6-7,9,13-14H,4-5,8,10H2,1-3H3,(H,17,18)/t13-,14-/m1/s1. The molecule has 128 valence electrons. The maximum absolute atomic E-state index is 12.4. The zero-order valence-electron chi connectivity index (χ0n) is 13.7. The van der Waals surface area contributed by atoms with Gasteiger partial charge < -0.3 is 9.47 Å². The van der Waals surface area contributed by atoms with Crippen LogP contribution in [0.2, 0.25) is 0 Å². The van der Waals surface area contributed by atoms with E-state index < -0.39 is 22.0 Å². The SMILES string of the molecule is Cc1ccc(C)c(S(=O)(=O)NC(=O)[C@@H](C)OC[C@H]2CCCO2)c1. The Labute approximate surface area is 137 Å². The van der Waals surface area contributed by atoms with Gasteiger partial charge in [0, 0.05) is 6.61 Å². The average Bonchev–Trinajstić information content (AvgIpc) is 3.00. The smallest absolute Gasteiger partial charge is 0.264 e. The molecule has 2 atom stereocenters. The van der Waals surface area contributed by atoms with Crippen LogP contribution in [0.15, 0.2) is 23.1 Å². The third kappa shape index (κ3) is 4.76. The summed E-state index contributed by atoms with van der Waals surface area (Å²) in [5.74, 6) is -0.677. The fourth-order valence-corrected chi connectivity index (χ4v) is 3.74. The van der Waals surface area contributed by atoms with Crippen molar-refractivity contribution in [2.45, 2.75) is 50.7 Å². The molecule has 7 heteroatoms. The van der Waals surface area contributed by atoms with Gasteiger partial charge in [0.1, 0.15) is 6.10 Å². The summed E-state index contributed by atoms with van der Waals surface area (Å²) in [6, 6.07) is 5.08. The van der Waals surface area contributed by atoms with Crippen molar-refractivity contribution in [1.82, 2.24) is 4.72 Å². The first kappa shape index (κ1) is 17.9. The fraction of sp³-hybridized carbons (Fsp3) is 0.562. The van der Waals surface area contributed by atoms with Gasteiger partial charge in [-0.15, -0.1) is 0 Å². The number of carbonyl (C=O) groups excluding carboxylic acids is 1. The van der Waals surface area contributed by atoms with Gasteiger partial charge in [-0.2, -0.15) is 0 Å². The Bertz CT molecular complexity index is 665. The van der Waals surface area contributed by atoms with E-state index in [2.05, 4.69) is 4.72 Å². The highest BCUT2D eigenvalue weighted by Crippen LogP contribution is 2.17. The molecule has 23 heavy (non-hydrogen) atoms. The van der Waals surface area contributed by atoms with Crippen molar-refractivity contribution in [3.05, 3.63) is 29.3 Å². The van der Waals surface area contributed by atoms with E-state index in [1.807, 2.05) is 6.07 Å². The van der Waals surface area contributed by atoms with Gasteiger partial charge in [0.2, 0.25) is 0 Å². The molecular formula is C16H23NO5S. The number of nitrogens with one attached hydrogen (secondary N) is 1. The van der Waals surface area contributed by atoms with Crippen LogP contribution < -0.4 is 4.72 Å². The Morgan fingerprint density at radius 3 is 2.83 bits per heavy atom. The minimum Gasteiger partial charge on any atom is -0.376 e. The van der Waals surface area contributed by atoms with Gasteiger partial charge >= 0.3 is 0 Å². The quantitative estimate of drug-likeness (QED) is 0.851. The van der Waals surface area contributed by atoms with E-state index in [4.69, 9.17) is 9.47 Å². The number of hydrogen-bond donors (Lipinski definition) is 1. The summed E-state index contributed by atoms with van der Waals surface area (Å²) in [5.41, 5.74) is 1.40. The minimum absolute atomic E-state index is 0.0131. The van der Waals surface area contributed by atoms with Crippen LogP contribution >= 0.6 is 0 Å². The molecule has 0 radical (unpaired) electrons. The molecule has 1 N–H and O–H groups in total. The lowest BCUT2D eigenvalue weighted by Crippen LogP contribution is -2.39. The van der Waals surface area contributed by atoms with E-state index in [0.717, 1.165) is 18.4 Å². The first-order valence-corrected chi connectivity index (χ1v) is 9.15. The van der Waals surface area contributed by atoms with Crippen LogP contribution in [0.5, 0.6) is 0 Å². The maximum atomic E-state index is 12.4. The lowest BCUT2D eigenvalue weighted by molar-refractivity contribution is -0.131. The Balaban J connectivity index is 1.98. The molecule has 0 aliphatic carbocycles. The predicted molar refractivity (Wildman–Crippen MR) is 85.6 cm³/mol. The molecule has 2 rings (SSSR count). The van der Waals surface area contributed by atoms with E-state index in [1.54, 1.807) is 26.0 Å². The molecule has 0 spiro atoms. The molecule has 0 aromatic heterocycles. The summed E-state index contributed by atoms with van der Waals surface area (Å²) in [6.07, 6.45) is 1.00. The Morgan fingerprint density at radius 1 is 1.43 bits per heavy atom. The number of carbonyl (C=O) groups is 1. The third-order valence-electron chi connectivity index (χ3n) is 3.79. The number of hydrogen-bond acceptors (Lipinski definition) is 5. The highest BCUT2D eigenvalue weighted by molar-refractivity contribution is 7.90. The molecule has 1 saturated heterocycles. The van der Waals surface area contributed by atoms with E-state index in [1.165, 1.54) is 6.92 Å². The molecule has 1 aromatic rings. The number of ether oxygens (including phenoxy) is 2. The lowest BCUT2D eigenvalue weighted by Gasteiger charge is -2.16. The molecule has 1 amide bonds. The molecule has 1 aliphatic heterocycles. The molecule has 1 aliphatic rings. The second-order valence-corrected chi connectivity index (χ2v) is 7.50. The number of amides is 1. The van der Waals surface area contributed by atoms with Crippen molar-refractivity contribution in [2.24, 2.45) is 0 Å². The summed E-state index contributed by atoms with van der Waals surface area (Å²) >= 11 is 0. The number of aryl methyl sites for hydroxylation is 2. The summed E-state index contributed by atoms with van der Waals surface area (Å²) in [5, 5.41) is 0. The van der Waals surface area contributed by atoms with Gasteiger partial charge in [0.15, 0.2) is 0 Å². The molecule has 1 fully saturated rings. The third-order valence-corrected chi connectivity index (χ3v) is 5.28. The second kappa shape index (κ2) is 7.42. The van der Waals surface area contributed by atoms with Crippen molar-refractivity contribution in [1.29, 1.82) is 0 Å². The van der Waals surface area contributed by atoms with Crippen LogP contribution in [0.25, 0.3) is 0 Å². The number of sulfonamides is 1. The lowest BCUT2D eigenvalue weighted by atomic mass is 10.2. The predicted octanol–water partition coefficient (Wildman–Crippen LogP) is 1.69. The minimum atomic E-state index is -3.91. The van der Waals surface area contributed by atoms with Crippen LogP contribution in [0, 0.1) is 13.8 Å². The topological polar surface area (TPSA) is 81.7 Å². The normalized spacial score (nSPS) is 19.5. The van der Waals surface area contributed by atoms with Crippen LogP contribution in [-0.2, 0) is 24.3 Å². The van der Waals surface area contributed by atoms with Crippen molar-refractivity contribution in [3.8, 4) is 0 Å². The van der Waals surface area contributed by atoms with Crippen molar-refractivity contribution < 1.29 is 22.7 Å². The van der Waals surface area contributed by atoms with Crippen molar-refractivity contribution in [2.75, 3.05) is 13.2 Å². The van der Waals surface area contributed by atoms with Gasteiger partial charge in [-0.1, -0.05) is 12.1 Å². The second-order valence-electron chi connectivity index (χ2n) is 5.85. The molecule has 6 nitrogen and oxygen atoms in total. The van der Waals surface area contributed by atoms with Gasteiger partial charge in [0.05, 0.1) is 17.6 Å². The van der Waals surface area contributed by atoms with E-state index in [-0.39, 0.29) is 17.6 Å². The Morgan fingerprint density at radius 2 is 2.17 bits per heavy atom. The molecule has 0 bridgehead atoms. The fourth-order valence-electron chi connectivity index (χ4n) is 2.37. The highest BCUT2D eigenvalue weighted by Gasteiger charge is 2.25. The molecular weight excluding hydrogens is 318 g/mol. The zero-order chi connectivity index (χ0) is 17.0. The summed E-state index contributed by atoms with van der Waals surface area (Å²) in [6.45, 7) is 6.01. The van der Waals surface area contributed by atoms with E-state index >= 15 is 0 Å². The maximum Gasteiger partial charge on any atom is 0.264 e. The van der Waals surface area contributed by atoms with Crippen LogP contribution in [0.1, 0.15) is 30.9 Å². The Kier molecular flexibility index (Phi) is 5.78.